The molecule has 1 unspecified atom stereocenters. The standard InChI is InChI=1S/C6H14N2O/c1-6-4-8(7)2-3-9-5-6/h6H,2-5,7H2,1H3. The van der Waals surface area contributed by atoms with E-state index in [-0.39, 0.29) is 0 Å². The van der Waals surface area contributed by atoms with Crippen LogP contribution in [0.25, 0.3) is 0 Å². The van der Waals surface area contributed by atoms with E-state index in [9.17, 15) is 0 Å². The molecule has 0 spiro atoms. The Kier molecular flexibility index (Phi) is 2.45. The predicted molar refractivity (Wildman–Crippen MR) is 35.7 cm³/mol. The minimum atomic E-state index is 0.581. The molecular formula is C6H14N2O. The first kappa shape index (κ1) is 6.99. The van der Waals surface area contributed by atoms with E-state index in [1.807, 2.05) is 5.01 Å². The predicted octanol–water partition coefficient (Wildman–Crippen LogP) is -0.172. The molecule has 0 aromatic carbocycles. The Morgan fingerprint density at radius 1 is 1.67 bits per heavy atom. The minimum Gasteiger partial charge on any atom is -0.380 e. The van der Waals surface area contributed by atoms with E-state index < -0.39 is 0 Å². The molecule has 0 radical (unpaired) electrons. The van der Waals surface area contributed by atoms with Crippen LogP contribution in [-0.4, -0.2) is 31.3 Å². The summed E-state index contributed by atoms with van der Waals surface area (Å²) in [6.07, 6.45) is 0. The maximum Gasteiger partial charge on any atom is 0.0607 e. The molecule has 3 nitrogen and oxygen atoms in total. The minimum absolute atomic E-state index is 0.581. The fourth-order valence-electron chi connectivity index (χ4n) is 1.01. The van der Waals surface area contributed by atoms with Crippen molar-refractivity contribution in [2.75, 3.05) is 26.3 Å². The summed E-state index contributed by atoms with van der Waals surface area (Å²) in [6, 6.07) is 0. The summed E-state index contributed by atoms with van der Waals surface area (Å²) in [4.78, 5) is 0. The number of ether oxygens (including phenoxy) is 1. The van der Waals surface area contributed by atoms with Crippen molar-refractivity contribution in [3.05, 3.63) is 0 Å². The number of nitrogens with two attached hydrogens (primary N) is 1. The van der Waals surface area contributed by atoms with Gasteiger partial charge < -0.3 is 4.74 Å². The molecule has 0 amide bonds. The Hall–Kier alpha value is -0.120. The summed E-state index contributed by atoms with van der Waals surface area (Å²) >= 11 is 0. The second-order valence-corrected chi connectivity index (χ2v) is 2.68. The summed E-state index contributed by atoms with van der Waals surface area (Å²) < 4.78 is 5.26. The van der Waals surface area contributed by atoms with Crippen molar-refractivity contribution in [1.82, 2.24) is 5.01 Å². The molecule has 0 saturated carbocycles. The smallest absolute Gasteiger partial charge is 0.0607 e. The third-order valence-corrected chi connectivity index (χ3v) is 1.47. The number of hydrazine groups is 1. The lowest BCUT2D eigenvalue weighted by molar-refractivity contribution is 0.126. The lowest BCUT2D eigenvalue weighted by atomic mass is 10.2. The zero-order chi connectivity index (χ0) is 6.69. The molecule has 1 rings (SSSR count). The van der Waals surface area contributed by atoms with Crippen LogP contribution in [0.3, 0.4) is 0 Å². The van der Waals surface area contributed by atoms with Crippen molar-refractivity contribution in [3.8, 4) is 0 Å². The Morgan fingerprint density at radius 2 is 2.44 bits per heavy atom. The Bertz CT molecular complexity index is 77.1. The maximum atomic E-state index is 5.58. The highest BCUT2D eigenvalue weighted by atomic mass is 16.5. The number of nitrogens with zero attached hydrogens (tertiary/aromatic N) is 1. The van der Waals surface area contributed by atoms with Gasteiger partial charge in [0.2, 0.25) is 0 Å². The van der Waals surface area contributed by atoms with Gasteiger partial charge in [0, 0.05) is 13.1 Å². The SMILES string of the molecule is CC1COCCN(N)C1. The lowest BCUT2D eigenvalue weighted by Gasteiger charge is -2.13. The van der Waals surface area contributed by atoms with Crippen molar-refractivity contribution < 1.29 is 4.74 Å². The zero-order valence-corrected chi connectivity index (χ0v) is 5.84. The van der Waals surface area contributed by atoms with E-state index in [1.165, 1.54) is 0 Å². The average Bonchev–Trinajstić information content (AvgIpc) is 1.93. The molecule has 1 aliphatic rings. The second kappa shape index (κ2) is 3.15. The van der Waals surface area contributed by atoms with E-state index in [1.54, 1.807) is 0 Å². The Morgan fingerprint density at radius 3 is 3.22 bits per heavy atom. The summed E-state index contributed by atoms with van der Waals surface area (Å²) in [5, 5.41) is 1.82. The molecule has 0 aromatic heterocycles. The fraction of sp³-hybridized carbons (Fsp3) is 1.00. The van der Waals surface area contributed by atoms with Crippen molar-refractivity contribution in [3.63, 3.8) is 0 Å². The molecule has 1 atom stereocenters. The van der Waals surface area contributed by atoms with Crippen LogP contribution in [0, 0.1) is 5.92 Å². The second-order valence-electron chi connectivity index (χ2n) is 2.68. The van der Waals surface area contributed by atoms with Crippen LogP contribution < -0.4 is 5.84 Å². The van der Waals surface area contributed by atoms with Gasteiger partial charge in [-0.3, -0.25) is 5.84 Å². The molecular weight excluding hydrogens is 116 g/mol. The summed E-state index contributed by atoms with van der Waals surface area (Å²) in [5.41, 5.74) is 0. The van der Waals surface area contributed by atoms with Crippen molar-refractivity contribution in [2.45, 2.75) is 6.92 Å². The molecule has 0 aromatic rings. The molecule has 0 bridgehead atoms. The third-order valence-electron chi connectivity index (χ3n) is 1.47. The van der Waals surface area contributed by atoms with E-state index in [0.717, 1.165) is 26.3 Å². The highest BCUT2D eigenvalue weighted by Crippen LogP contribution is 2.01. The molecule has 1 fully saturated rings. The summed E-state index contributed by atoms with van der Waals surface area (Å²) in [5.74, 6) is 6.16. The van der Waals surface area contributed by atoms with Crippen molar-refractivity contribution in [2.24, 2.45) is 11.8 Å². The van der Waals surface area contributed by atoms with Gasteiger partial charge in [-0.25, -0.2) is 5.01 Å². The number of hydrogen-bond donors (Lipinski definition) is 1. The molecule has 1 saturated heterocycles. The average molecular weight is 130 g/mol. The van der Waals surface area contributed by atoms with Gasteiger partial charge in [-0.2, -0.15) is 0 Å². The first-order chi connectivity index (χ1) is 4.29. The quantitative estimate of drug-likeness (QED) is 0.463. The van der Waals surface area contributed by atoms with Crippen LogP contribution in [0.15, 0.2) is 0 Å². The molecule has 1 aliphatic heterocycles. The molecule has 0 aliphatic carbocycles. The summed E-state index contributed by atoms with van der Waals surface area (Å²) in [6.45, 7) is 5.60. The van der Waals surface area contributed by atoms with Crippen LogP contribution in [0.1, 0.15) is 6.92 Å². The zero-order valence-electron chi connectivity index (χ0n) is 5.84. The molecule has 54 valence electrons. The summed E-state index contributed by atoms with van der Waals surface area (Å²) in [7, 11) is 0. The molecule has 1 heterocycles. The lowest BCUT2D eigenvalue weighted by Crippen LogP contribution is -2.35. The van der Waals surface area contributed by atoms with Gasteiger partial charge in [-0.1, -0.05) is 6.92 Å². The van der Waals surface area contributed by atoms with Crippen LogP contribution in [0.2, 0.25) is 0 Å². The highest BCUT2D eigenvalue weighted by molar-refractivity contribution is 4.60. The normalized spacial score (nSPS) is 32.0. The van der Waals surface area contributed by atoms with Gasteiger partial charge in [-0.15, -0.1) is 0 Å². The third kappa shape index (κ3) is 2.30. The van der Waals surface area contributed by atoms with Crippen LogP contribution >= 0.6 is 0 Å². The maximum absolute atomic E-state index is 5.58. The van der Waals surface area contributed by atoms with Crippen LogP contribution in [0.4, 0.5) is 0 Å². The van der Waals surface area contributed by atoms with E-state index >= 15 is 0 Å². The largest absolute Gasteiger partial charge is 0.380 e. The highest BCUT2D eigenvalue weighted by Gasteiger charge is 2.10. The molecule has 2 N–H and O–H groups in total. The van der Waals surface area contributed by atoms with Crippen molar-refractivity contribution in [1.29, 1.82) is 0 Å². The number of hydrogen-bond acceptors (Lipinski definition) is 3. The Balaban J connectivity index is 2.29. The van der Waals surface area contributed by atoms with Gasteiger partial charge in [-0.05, 0) is 5.92 Å². The van der Waals surface area contributed by atoms with Gasteiger partial charge in [0.25, 0.3) is 0 Å². The van der Waals surface area contributed by atoms with E-state index in [2.05, 4.69) is 6.92 Å². The van der Waals surface area contributed by atoms with Gasteiger partial charge >= 0.3 is 0 Å². The Labute approximate surface area is 55.7 Å². The number of rotatable bonds is 0. The van der Waals surface area contributed by atoms with E-state index in [4.69, 9.17) is 10.6 Å². The first-order valence-electron chi connectivity index (χ1n) is 3.36. The molecule has 9 heavy (non-hydrogen) atoms. The van der Waals surface area contributed by atoms with E-state index in [0.29, 0.717) is 5.92 Å². The topological polar surface area (TPSA) is 38.5 Å². The van der Waals surface area contributed by atoms with Gasteiger partial charge in [0.1, 0.15) is 0 Å². The van der Waals surface area contributed by atoms with Crippen LogP contribution in [-0.2, 0) is 4.74 Å². The van der Waals surface area contributed by atoms with Gasteiger partial charge in [0.05, 0.1) is 13.2 Å². The van der Waals surface area contributed by atoms with Crippen LogP contribution in [0.5, 0.6) is 0 Å². The first-order valence-corrected chi connectivity index (χ1v) is 3.36. The molecule has 3 heteroatoms. The monoisotopic (exact) mass is 130 g/mol. The fourth-order valence-corrected chi connectivity index (χ4v) is 1.01. The van der Waals surface area contributed by atoms with Gasteiger partial charge in [0.15, 0.2) is 0 Å². The van der Waals surface area contributed by atoms with Crippen molar-refractivity contribution >= 4 is 0 Å².